The molecule has 1 amide bonds. The Hall–Kier alpha value is -1.88. The van der Waals surface area contributed by atoms with Crippen molar-refractivity contribution >= 4 is 11.9 Å². The maximum Gasteiger partial charge on any atom is 0.335 e. The van der Waals surface area contributed by atoms with Crippen molar-refractivity contribution in [3.63, 3.8) is 0 Å². The second-order valence-electron chi connectivity index (χ2n) is 3.28. The molecule has 0 aliphatic rings. The van der Waals surface area contributed by atoms with Gasteiger partial charge >= 0.3 is 5.97 Å². The molecule has 5 heteroatoms. The van der Waals surface area contributed by atoms with Crippen LogP contribution in [-0.2, 0) is 11.3 Å². The van der Waals surface area contributed by atoms with E-state index in [2.05, 4.69) is 10.6 Å². The van der Waals surface area contributed by atoms with Crippen LogP contribution in [0.25, 0.3) is 0 Å². The molecule has 1 rings (SSSR count). The lowest BCUT2D eigenvalue weighted by Gasteiger charge is -2.04. The van der Waals surface area contributed by atoms with Gasteiger partial charge in [0.25, 0.3) is 0 Å². The molecule has 0 saturated heterocycles. The highest BCUT2D eigenvalue weighted by Gasteiger charge is 2.03. The second kappa shape index (κ2) is 5.87. The van der Waals surface area contributed by atoms with E-state index < -0.39 is 5.97 Å². The Morgan fingerprint density at radius 2 is 2.12 bits per heavy atom. The number of rotatable bonds is 5. The van der Waals surface area contributed by atoms with Gasteiger partial charge < -0.3 is 15.7 Å². The summed E-state index contributed by atoms with van der Waals surface area (Å²) in [6.07, 6.45) is 0. The van der Waals surface area contributed by atoms with Crippen LogP contribution in [0.1, 0.15) is 15.9 Å². The van der Waals surface area contributed by atoms with E-state index in [0.29, 0.717) is 6.54 Å². The Morgan fingerprint density at radius 1 is 1.38 bits per heavy atom. The maximum absolute atomic E-state index is 10.9. The largest absolute Gasteiger partial charge is 0.478 e. The van der Waals surface area contributed by atoms with Crippen LogP contribution in [0, 0.1) is 0 Å². The molecule has 1 aromatic rings. The van der Waals surface area contributed by atoms with Crippen LogP contribution in [0.4, 0.5) is 0 Å². The van der Waals surface area contributed by atoms with Crippen molar-refractivity contribution in [2.75, 3.05) is 13.6 Å². The van der Waals surface area contributed by atoms with Crippen LogP contribution >= 0.6 is 0 Å². The molecule has 0 heterocycles. The van der Waals surface area contributed by atoms with E-state index in [4.69, 9.17) is 5.11 Å². The van der Waals surface area contributed by atoms with Gasteiger partial charge in [-0.15, -0.1) is 0 Å². The first-order chi connectivity index (χ1) is 7.63. The highest BCUT2D eigenvalue weighted by molar-refractivity contribution is 5.87. The molecule has 3 N–H and O–H groups in total. The maximum atomic E-state index is 10.9. The van der Waals surface area contributed by atoms with Gasteiger partial charge in [-0.25, -0.2) is 4.79 Å². The van der Waals surface area contributed by atoms with Gasteiger partial charge in [0.1, 0.15) is 0 Å². The Balaban J connectivity index is 2.51. The average molecular weight is 222 g/mol. The first kappa shape index (κ1) is 12.2. The fourth-order valence-electron chi connectivity index (χ4n) is 1.22. The first-order valence-corrected chi connectivity index (χ1v) is 4.87. The molecule has 16 heavy (non-hydrogen) atoms. The minimum absolute atomic E-state index is 0.102. The van der Waals surface area contributed by atoms with Gasteiger partial charge in [-0.3, -0.25) is 4.79 Å². The van der Waals surface area contributed by atoms with E-state index in [0.717, 1.165) is 5.56 Å². The van der Waals surface area contributed by atoms with E-state index in [-0.39, 0.29) is 18.0 Å². The van der Waals surface area contributed by atoms with Crippen LogP contribution in [-0.4, -0.2) is 30.6 Å². The molecule has 0 radical (unpaired) electrons. The van der Waals surface area contributed by atoms with Crippen molar-refractivity contribution in [2.45, 2.75) is 6.54 Å². The molecule has 0 spiro atoms. The topological polar surface area (TPSA) is 78.4 Å². The number of benzene rings is 1. The number of hydrogen-bond acceptors (Lipinski definition) is 3. The summed E-state index contributed by atoms with van der Waals surface area (Å²) in [4.78, 5) is 21.6. The summed E-state index contributed by atoms with van der Waals surface area (Å²) in [6, 6.07) is 6.60. The number of carbonyl (C=O) groups excluding carboxylic acids is 1. The van der Waals surface area contributed by atoms with Crippen molar-refractivity contribution in [3.8, 4) is 0 Å². The zero-order valence-corrected chi connectivity index (χ0v) is 8.99. The Labute approximate surface area is 93.5 Å². The minimum Gasteiger partial charge on any atom is -0.478 e. The van der Waals surface area contributed by atoms with Crippen molar-refractivity contribution in [1.29, 1.82) is 0 Å². The third-order valence-corrected chi connectivity index (χ3v) is 2.07. The molecule has 0 bridgehead atoms. The predicted octanol–water partition coefficient (Wildman–Crippen LogP) is 0.220. The van der Waals surface area contributed by atoms with Gasteiger partial charge in [-0.1, -0.05) is 12.1 Å². The summed E-state index contributed by atoms with van der Waals surface area (Å²) in [6.45, 7) is 0.683. The molecule has 5 nitrogen and oxygen atoms in total. The highest BCUT2D eigenvalue weighted by Crippen LogP contribution is 2.04. The van der Waals surface area contributed by atoms with Crippen LogP contribution in [0.3, 0.4) is 0 Å². The summed E-state index contributed by atoms with van der Waals surface area (Å²) in [5, 5.41) is 14.2. The number of carboxylic acid groups (broad SMARTS) is 1. The average Bonchev–Trinajstić information content (AvgIpc) is 2.29. The Bertz CT molecular complexity index is 391. The Kier molecular flexibility index (Phi) is 4.47. The van der Waals surface area contributed by atoms with Crippen LogP contribution in [0.2, 0.25) is 0 Å². The van der Waals surface area contributed by atoms with Crippen LogP contribution in [0.15, 0.2) is 24.3 Å². The van der Waals surface area contributed by atoms with Gasteiger partial charge in [-0.05, 0) is 17.7 Å². The fourth-order valence-corrected chi connectivity index (χ4v) is 1.22. The quantitative estimate of drug-likeness (QED) is 0.666. The van der Waals surface area contributed by atoms with Gasteiger partial charge in [0.05, 0.1) is 12.1 Å². The molecule has 0 aliphatic carbocycles. The molecule has 86 valence electrons. The first-order valence-electron chi connectivity index (χ1n) is 4.87. The number of hydrogen-bond donors (Lipinski definition) is 3. The summed E-state index contributed by atoms with van der Waals surface area (Å²) in [5.74, 6) is -1.05. The number of carboxylic acids is 1. The van der Waals surface area contributed by atoms with E-state index in [1.165, 1.54) is 6.07 Å². The van der Waals surface area contributed by atoms with Gasteiger partial charge in [-0.2, -0.15) is 0 Å². The third kappa shape index (κ3) is 3.70. The number of likely N-dealkylation sites (N-methyl/N-ethyl adjacent to an activating group) is 1. The lowest BCUT2D eigenvalue weighted by atomic mass is 10.1. The third-order valence-electron chi connectivity index (χ3n) is 2.07. The van der Waals surface area contributed by atoms with Crippen LogP contribution in [0.5, 0.6) is 0 Å². The molecule has 1 aromatic carbocycles. The van der Waals surface area contributed by atoms with E-state index in [1.807, 2.05) is 6.07 Å². The predicted molar refractivity (Wildman–Crippen MR) is 59.2 cm³/mol. The summed E-state index contributed by atoms with van der Waals surface area (Å²) < 4.78 is 0. The molecule has 0 atom stereocenters. The SMILES string of the molecule is CNC(=O)CNCc1cccc(C(=O)O)c1. The standard InChI is InChI=1S/C11H14N2O3/c1-12-10(14)7-13-6-8-3-2-4-9(5-8)11(15)16/h2-5,13H,6-7H2,1H3,(H,12,14)(H,15,16). The fraction of sp³-hybridized carbons (Fsp3) is 0.273. The molecule has 0 aromatic heterocycles. The van der Waals surface area contributed by atoms with Crippen molar-refractivity contribution in [2.24, 2.45) is 0 Å². The number of carbonyl (C=O) groups is 2. The molecule has 0 saturated carbocycles. The molecular weight excluding hydrogens is 208 g/mol. The monoisotopic (exact) mass is 222 g/mol. The molecule has 0 aliphatic heterocycles. The number of aromatic carboxylic acids is 1. The van der Waals surface area contributed by atoms with E-state index in [1.54, 1.807) is 19.2 Å². The zero-order chi connectivity index (χ0) is 12.0. The lowest BCUT2D eigenvalue weighted by Crippen LogP contribution is -2.30. The van der Waals surface area contributed by atoms with Crippen molar-refractivity contribution in [1.82, 2.24) is 10.6 Å². The summed E-state index contributed by atoms with van der Waals surface area (Å²) in [5.41, 5.74) is 1.09. The highest BCUT2D eigenvalue weighted by atomic mass is 16.4. The van der Waals surface area contributed by atoms with Crippen LogP contribution < -0.4 is 10.6 Å². The van der Waals surface area contributed by atoms with Gasteiger partial charge in [0.2, 0.25) is 5.91 Å². The second-order valence-corrected chi connectivity index (χ2v) is 3.28. The molecule has 0 unspecified atom stereocenters. The molecular formula is C11H14N2O3. The van der Waals surface area contributed by atoms with Crippen molar-refractivity contribution in [3.05, 3.63) is 35.4 Å². The summed E-state index contributed by atoms with van der Waals surface area (Å²) >= 11 is 0. The zero-order valence-electron chi connectivity index (χ0n) is 8.99. The smallest absolute Gasteiger partial charge is 0.335 e. The lowest BCUT2D eigenvalue weighted by molar-refractivity contribution is -0.119. The number of amides is 1. The number of nitrogens with one attached hydrogen (secondary N) is 2. The van der Waals surface area contributed by atoms with Gasteiger partial charge in [0, 0.05) is 13.6 Å². The van der Waals surface area contributed by atoms with Crippen molar-refractivity contribution < 1.29 is 14.7 Å². The minimum atomic E-state index is -0.951. The van der Waals surface area contributed by atoms with E-state index in [9.17, 15) is 9.59 Å². The molecule has 0 fully saturated rings. The van der Waals surface area contributed by atoms with E-state index >= 15 is 0 Å². The summed E-state index contributed by atoms with van der Waals surface area (Å²) in [7, 11) is 1.56. The Morgan fingerprint density at radius 3 is 2.75 bits per heavy atom. The van der Waals surface area contributed by atoms with Gasteiger partial charge in [0.15, 0.2) is 0 Å². The normalized spacial score (nSPS) is 9.81.